The topological polar surface area (TPSA) is 135 Å². The number of benzene rings is 1. The number of anilines is 1. The number of carbonyl (C=O) groups excluding carboxylic acids is 2. The fourth-order valence-electron chi connectivity index (χ4n) is 2.95. The van der Waals surface area contributed by atoms with Crippen LogP contribution in [0.25, 0.3) is 0 Å². The van der Waals surface area contributed by atoms with Crippen LogP contribution in [0.1, 0.15) is 19.8 Å². The lowest BCUT2D eigenvalue weighted by molar-refractivity contribution is -0.384. The van der Waals surface area contributed by atoms with Crippen molar-refractivity contribution in [3.63, 3.8) is 0 Å². The molecule has 10 nitrogen and oxygen atoms in total. The zero-order valence-electron chi connectivity index (χ0n) is 16.2. The van der Waals surface area contributed by atoms with Crippen LogP contribution >= 0.6 is 0 Å². The van der Waals surface area contributed by atoms with Crippen molar-refractivity contribution < 1.29 is 24.0 Å². The molecule has 1 N–H and O–H groups in total. The van der Waals surface area contributed by atoms with Crippen LogP contribution in [0.3, 0.4) is 0 Å². The number of nitrogens with zero attached hydrogens (tertiary/aromatic N) is 3. The van der Waals surface area contributed by atoms with Crippen LogP contribution in [-0.2, 0) is 14.3 Å². The molecular weight excluding hydrogens is 380 g/mol. The number of amides is 1. The van der Waals surface area contributed by atoms with Gasteiger partial charge in [0.15, 0.2) is 0 Å². The summed E-state index contributed by atoms with van der Waals surface area (Å²) in [6.07, 6.45) is 2.20. The van der Waals surface area contributed by atoms with Crippen molar-refractivity contribution >= 4 is 23.3 Å². The maximum absolute atomic E-state index is 12.6. The lowest BCUT2D eigenvalue weighted by Crippen LogP contribution is -2.41. The second-order valence-electron chi connectivity index (χ2n) is 6.27. The molecule has 1 aromatic rings. The van der Waals surface area contributed by atoms with Crippen LogP contribution in [-0.4, -0.2) is 48.5 Å². The highest BCUT2D eigenvalue weighted by Gasteiger charge is 2.29. The Bertz CT molecular complexity index is 853. The third-order valence-electron chi connectivity index (χ3n) is 4.52. The van der Waals surface area contributed by atoms with Crippen LogP contribution in [0.2, 0.25) is 0 Å². The van der Waals surface area contributed by atoms with Crippen molar-refractivity contribution in [1.29, 1.82) is 5.26 Å². The normalized spacial score (nSPS) is 14.7. The van der Waals surface area contributed by atoms with Gasteiger partial charge in [0, 0.05) is 25.4 Å². The highest BCUT2D eigenvalue weighted by Crippen LogP contribution is 2.29. The Morgan fingerprint density at radius 3 is 2.66 bits per heavy atom. The first-order valence-electron chi connectivity index (χ1n) is 9.06. The van der Waals surface area contributed by atoms with Crippen molar-refractivity contribution in [1.82, 2.24) is 4.90 Å². The number of nitro benzene ring substituents is 1. The number of likely N-dealkylation sites (tertiary alicyclic amines) is 1. The van der Waals surface area contributed by atoms with E-state index in [9.17, 15) is 25.0 Å². The minimum Gasteiger partial charge on any atom is -0.494 e. The van der Waals surface area contributed by atoms with E-state index in [4.69, 9.17) is 9.47 Å². The maximum atomic E-state index is 12.6. The number of nitriles is 1. The van der Waals surface area contributed by atoms with Crippen LogP contribution in [0.4, 0.5) is 11.4 Å². The Kier molecular flexibility index (Phi) is 7.54. The van der Waals surface area contributed by atoms with Crippen molar-refractivity contribution in [2.45, 2.75) is 19.8 Å². The van der Waals surface area contributed by atoms with E-state index in [1.165, 1.54) is 36.4 Å². The molecule has 1 aromatic carbocycles. The molecule has 0 bridgehead atoms. The third kappa shape index (κ3) is 5.44. The number of methoxy groups -OCH3 is 1. The molecule has 0 aromatic heterocycles. The van der Waals surface area contributed by atoms with E-state index < -0.39 is 10.8 Å². The van der Waals surface area contributed by atoms with Gasteiger partial charge in [-0.25, -0.2) is 0 Å². The Labute approximate surface area is 167 Å². The number of esters is 1. The standard InChI is InChI=1S/C19H22N4O6/c1-3-29-19(25)13-6-8-22(9-7-13)18(24)14(11-20)12-21-16-5-4-15(23(26)27)10-17(16)28-2/h4-5,10,12-13,21H,3,6-9H2,1-2H3/b14-12-. The minimum atomic E-state index is -0.549. The van der Waals surface area contributed by atoms with Gasteiger partial charge in [-0.05, 0) is 25.8 Å². The Morgan fingerprint density at radius 1 is 1.41 bits per heavy atom. The highest BCUT2D eigenvalue weighted by molar-refractivity contribution is 5.97. The van der Waals surface area contributed by atoms with Crippen molar-refractivity contribution in [3.05, 3.63) is 40.1 Å². The molecule has 2 rings (SSSR count). The van der Waals surface area contributed by atoms with Gasteiger partial charge in [-0.3, -0.25) is 19.7 Å². The number of carbonyl (C=O) groups is 2. The summed E-state index contributed by atoms with van der Waals surface area (Å²) in [5.41, 5.74) is 0.108. The predicted molar refractivity (Wildman–Crippen MR) is 103 cm³/mol. The van der Waals surface area contributed by atoms with Crippen LogP contribution in [0.5, 0.6) is 5.75 Å². The second-order valence-corrected chi connectivity index (χ2v) is 6.27. The molecule has 1 saturated heterocycles. The summed E-state index contributed by atoms with van der Waals surface area (Å²) >= 11 is 0. The van der Waals surface area contributed by atoms with E-state index in [1.807, 2.05) is 6.07 Å². The molecule has 0 radical (unpaired) electrons. The average molecular weight is 402 g/mol. The first-order valence-corrected chi connectivity index (χ1v) is 9.06. The van der Waals surface area contributed by atoms with Crippen LogP contribution in [0, 0.1) is 27.4 Å². The Morgan fingerprint density at radius 2 is 2.10 bits per heavy atom. The van der Waals surface area contributed by atoms with Gasteiger partial charge < -0.3 is 19.7 Å². The molecule has 1 heterocycles. The quantitative estimate of drug-likeness (QED) is 0.241. The van der Waals surface area contributed by atoms with Gasteiger partial charge in [0.25, 0.3) is 11.6 Å². The van der Waals surface area contributed by atoms with Gasteiger partial charge in [0.2, 0.25) is 0 Å². The fourth-order valence-corrected chi connectivity index (χ4v) is 2.95. The van der Waals surface area contributed by atoms with E-state index in [1.54, 1.807) is 6.92 Å². The minimum absolute atomic E-state index is 0.125. The summed E-state index contributed by atoms with van der Waals surface area (Å²) in [5.74, 6) is -0.753. The van der Waals surface area contributed by atoms with Crippen molar-refractivity contribution in [2.24, 2.45) is 5.92 Å². The number of ether oxygens (including phenoxy) is 2. The van der Waals surface area contributed by atoms with Gasteiger partial charge >= 0.3 is 5.97 Å². The molecule has 1 fully saturated rings. The van der Waals surface area contributed by atoms with Gasteiger partial charge in [-0.1, -0.05) is 0 Å². The van der Waals surface area contributed by atoms with Crippen molar-refractivity contribution in [2.75, 3.05) is 32.1 Å². The van der Waals surface area contributed by atoms with Gasteiger partial charge in [-0.2, -0.15) is 5.26 Å². The number of piperidine rings is 1. The third-order valence-corrected chi connectivity index (χ3v) is 4.52. The Hall–Kier alpha value is -3.61. The lowest BCUT2D eigenvalue weighted by atomic mass is 9.96. The SMILES string of the molecule is CCOC(=O)C1CCN(C(=O)/C(C#N)=C\Nc2ccc([N+](=O)[O-])cc2OC)CC1. The van der Waals surface area contributed by atoms with Gasteiger partial charge in [0.1, 0.15) is 17.4 Å². The highest BCUT2D eigenvalue weighted by atomic mass is 16.6. The average Bonchev–Trinajstić information content (AvgIpc) is 2.74. The van der Waals surface area contributed by atoms with Gasteiger partial charge in [0.05, 0.1) is 36.3 Å². The number of rotatable bonds is 7. The molecule has 0 saturated carbocycles. The molecule has 154 valence electrons. The van der Waals surface area contributed by atoms with Gasteiger partial charge in [-0.15, -0.1) is 0 Å². The van der Waals surface area contributed by atoms with Crippen LogP contribution < -0.4 is 10.1 Å². The van der Waals surface area contributed by atoms with Crippen LogP contribution in [0.15, 0.2) is 30.0 Å². The fraction of sp³-hybridized carbons (Fsp3) is 0.421. The lowest BCUT2D eigenvalue weighted by Gasteiger charge is -2.30. The smallest absolute Gasteiger partial charge is 0.309 e. The molecule has 0 spiro atoms. The number of nitro groups is 1. The largest absolute Gasteiger partial charge is 0.494 e. The molecule has 1 aliphatic rings. The molecule has 1 aliphatic heterocycles. The van der Waals surface area contributed by atoms with Crippen molar-refractivity contribution in [3.8, 4) is 11.8 Å². The molecule has 10 heteroatoms. The van der Waals surface area contributed by atoms with E-state index in [2.05, 4.69) is 5.32 Å². The summed E-state index contributed by atoms with van der Waals surface area (Å²) in [6, 6.07) is 5.81. The predicted octanol–water partition coefficient (Wildman–Crippen LogP) is 2.22. The molecular formula is C19H22N4O6. The molecule has 29 heavy (non-hydrogen) atoms. The molecule has 0 unspecified atom stereocenters. The van der Waals surface area contributed by atoms with E-state index >= 15 is 0 Å². The molecule has 0 aliphatic carbocycles. The summed E-state index contributed by atoms with van der Waals surface area (Å²) < 4.78 is 10.1. The number of hydrogen-bond acceptors (Lipinski definition) is 8. The van der Waals surface area contributed by atoms with E-state index in [0.29, 0.717) is 38.2 Å². The molecule has 1 amide bonds. The first kappa shape index (κ1) is 21.7. The van der Waals surface area contributed by atoms with E-state index in [-0.39, 0.29) is 28.9 Å². The summed E-state index contributed by atoms with van der Waals surface area (Å²) in [5, 5.41) is 23.0. The summed E-state index contributed by atoms with van der Waals surface area (Å²) in [4.78, 5) is 36.2. The van der Waals surface area contributed by atoms with E-state index in [0.717, 1.165) is 0 Å². The summed E-state index contributed by atoms with van der Waals surface area (Å²) in [7, 11) is 1.36. The Balaban J connectivity index is 2.05. The zero-order chi connectivity index (χ0) is 21.4. The summed E-state index contributed by atoms with van der Waals surface area (Å²) in [6.45, 7) is 2.76. The number of non-ortho nitro benzene ring substituents is 1. The monoisotopic (exact) mass is 402 g/mol. The second kappa shape index (κ2) is 10.1. The molecule has 0 atom stereocenters. The zero-order valence-corrected chi connectivity index (χ0v) is 16.2. The maximum Gasteiger partial charge on any atom is 0.309 e. The first-order chi connectivity index (χ1) is 13.9. The number of nitrogens with one attached hydrogen (secondary N) is 1. The number of hydrogen-bond donors (Lipinski definition) is 1.